The number of rotatable bonds is 6. The molecule has 5 rings (SSSR count). The number of nitrogens with one attached hydrogen (secondary N) is 1. The lowest BCUT2D eigenvalue weighted by Gasteiger charge is -2.28. The molecular formula is C30H31N3O2. The van der Waals surface area contributed by atoms with Gasteiger partial charge in [0.2, 0.25) is 0 Å². The van der Waals surface area contributed by atoms with Gasteiger partial charge in [0.1, 0.15) is 5.70 Å². The molecule has 0 aromatic heterocycles. The van der Waals surface area contributed by atoms with Crippen LogP contribution in [0.1, 0.15) is 42.9 Å². The molecule has 0 bridgehead atoms. The Morgan fingerprint density at radius 2 is 1.37 bits per heavy atom. The highest BCUT2D eigenvalue weighted by Gasteiger charge is 2.40. The Bertz CT molecular complexity index is 1250. The highest BCUT2D eigenvalue weighted by atomic mass is 16.2. The van der Waals surface area contributed by atoms with Crippen LogP contribution in [0.5, 0.6) is 0 Å². The van der Waals surface area contributed by atoms with Gasteiger partial charge in [0.05, 0.1) is 11.3 Å². The number of carbonyl (C=O) groups is 2. The number of hydrogen-bond donors (Lipinski definition) is 1. The van der Waals surface area contributed by atoms with Crippen LogP contribution in [0.4, 0.5) is 17.1 Å². The van der Waals surface area contributed by atoms with Gasteiger partial charge in [-0.1, -0.05) is 48.9 Å². The van der Waals surface area contributed by atoms with Gasteiger partial charge in [-0.25, -0.2) is 4.90 Å². The fraction of sp³-hybridized carbons (Fsp3) is 0.267. The minimum absolute atomic E-state index is 0.309. The van der Waals surface area contributed by atoms with Crippen molar-refractivity contribution in [2.24, 2.45) is 0 Å². The summed E-state index contributed by atoms with van der Waals surface area (Å²) in [5.74, 6) is -0.648. The number of hydrogen-bond acceptors (Lipinski definition) is 4. The summed E-state index contributed by atoms with van der Waals surface area (Å²) in [6.07, 6.45) is 4.63. The van der Waals surface area contributed by atoms with E-state index in [-0.39, 0.29) is 11.8 Å². The SMILES string of the molecule is CCc1ccc(N2C(=O)C(Nc3ccc(N4CCCCC4)cc3)=C(c3ccc(C)cc3)C2=O)cc1. The Labute approximate surface area is 207 Å². The first kappa shape index (κ1) is 22.9. The van der Waals surface area contributed by atoms with Crippen molar-refractivity contribution in [3.8, 4) is 0 Å². The van der Waals surface area contributed by atoms with Crippen LogP contribution in [0.3, 0.4) is 0 Å². The molecule has 5 heteroatoms. The van der Waals surface area contributed by atoms with E-state index in [1.807, 2.05) is 67.6 Å². The molecule has 5 nitrogen and oxygen atoms in total. The van der Waals surface area contributed by atoms with Crippen LogP contribution < -0.4 is 15.1 Å². The van der Waals surface area contributed by atoms with E-state index in [1.54, 1.807) is 0 Å². The molecule has 0 saturated carbocycles. The number of amides is 2. The zero-order valence-corrected chi connectivity index (χ0v) is 20.4. The van der Waals surface area contributed by atoms with E-state index < -0.39 is 0 Å². The van der Waals surface area contributed by atoms with E-state index in [1.165, 1.54) is 29.8 Å². The number of nitrogens with zero attached hydrogens (tertiary/aromatic N) is 2. The average Bonchev–Trinajstić information content (AvgIpc) is 3.14. The van der Waals surface area contributed by atoms with E-state index in [0.717, 1.165) is 41.9 Å². The lowest BCUT2D eigenvalue weighted by atomic mass is 10.0. The largest absolute Gasteiger partial charge is 0.372 e. The van der Waals surface area contributed by atoms with Crippen molar-refractivity contribution < 1.29 is 9.59 Å². The lowest BCUT2D eigenvalue weighted by Crippen LogP contribution is -2.32. The van der Waals surface area contributed by atoms with E-state index >= 15 is 0 Å². The highest BCUT2D eigenvalue weighted by molar-refractivity contribution is 6.46. The van der Waals surface area contributed by atoms with Crippen molar-refractivity contribution in [1.82, 2.24) is 0 Å². The molecule has 2 aliphatic rings. The minimum atomic E-state index is -0.338. The Balaban J connectivity index is 1.48. The number of imide groups is 1. The van der Waals surface area contributed by atoms with Crippen LogP contribution >= 0.6 is 0 Å². The topological polar surface area (TPSA) is 52.7 Å². The smallest absolute Gasteiger partial charge is 0.282 e. The Morgan fingerprint density at radius 1 is 0.743 bits per heavy atom. The molecule has 0 spiro atoms. The normalized spacial score (nSPS) is 16.3. The van der Waals surface area contributed by atoms with E-state index in [2.05, 4.69) is 29.3 Å². The van der Waals surface area contributed by atoms with Crippen LogP contribution in [0.2, 0.25) is 0 Å². The van der Waals surface area contributed by atoms with Crippen molar-refractivity contribution in [1.29, 1.82) is 0 Å². The predicted molar refractivity (Wildman–Crippen MR) is 143 cm³/mol. The molecular weight excluding hydrogens is 434 g/mol. The molecule has 2 amide bonds. The molecule has 0 radical (unpaired) electrons. The summed E-state index contributed by atoms with van der Waals surface area (Å²) in [4.78, 5) is 30.9. The molecule has 1 N–H and O–H groups in total. The maximum absolute atomic E-state index is 13.6. The molecule has 2 heterocycles. The van der Waals surface area contributed by atoms with Crippen LogP contribution in [-0.2, 0) is 16.0 Å². The van der Waals surface area contributed by atoms with Crippen molar-refractivity contribution in [3.63, 3.8) is 0 Å². The monoisotopic (exact) mass is 465 g/mol. The van der Waals surface area contributed by atoms with Crippen LogP contribution in [0.25, 0.3) is 5.57 Å². The molecule has 3 aromatic rings. The molecule has 1 saturated heterocycles. The number of anilines is 3. The van der Waals surface area contributed by atoms with Gasteiger partial charge in [-0.3, -0.25) is 9.59 Å². The second-order valence-electron chi connectivity index (χ2n) is 9.30. The van der Waals surface area contributed by atoms with E-state index in [4.69, 9.17) is 0 Å². The van der Waals surface area contributed by atoms with Gasteiger partial charge in [0.25, 0.3) is 11.8 Å². The summed E-state index contributed by atoms with van der Waals surface area (Å²) in [7, 11) is 0. The summed E-state index contributed by atoms with van der Waals surface area (Å²) in [5, 5.41) is 3.29. The summed E-state index contributed by atoms with van der Waals surface area (Å²) in [6, 6.07) is 23.5. The minimum Gasteiger partial charge on any atom is -0.372 e. The second kappa shape index (κ2) is 9.79. The molecule has 35 heavy (non-hydrogen) atoms. The van der Waals surface area contributed by atoms with Crippen molar-refractivity contribution in [2.45, 2.75) is 39.5 Å². The van der Waals surface area contributed by atoms with Crippen molar-refractivity contribution >= 4 is 34.4 Å². The van der Waals surface area contributed by atoms with E-state index in [0.29, 0.717) is 17.0 Å². The zero-order chi connectivity index (χ0) is 24.4. The lowest BCUT2D eigenvalue weighted by molar-refractivity contribution is -0.120. The van der Waals surface area contributed by atoms with Crippen LogP contribution in [0, 0.1) is 6.92 Å². The third-order valence-electron chi connectivity index (χ3n) is 6.88. The molecule has 178 valence electrons. The standard InChI is InChI=1S/C30H31N3O2/c1-3-22-9-15-26(16-10-22)33-29(34)27(23-11-7-21(2)8-12-23)28(30(33)35)31-24-13-17-25(18-14-24)32-19-5-4-6-20-32/h7-18,31H,3-6,19-20H2,1-2H3. The molecule has 0 aliphatic carbocycles. The summed E-state index contributed by atoms with van der Waals surface area (Å²) < 4.78 is 0. The van der Waals surface area contributed by atoms with Crippen LogP contribution in [0.15, 0.2) is 78.5 Å². The maximum Gasteiger partial charge on any atom is 0.282 e. The fourth-order valence-corrected chi connectivity index (χ4v) is 4.80. The van der Waals surface area contributed by atoms with Gasteiger partial charge < -0.3 is 10.2 Å². The number of piperidine rings is 1. The summed E-state index contributed by atoms with van der Waals surface area (Å²) in [5.41, 5.74) is 6.25. The molecule has 3 aromatic carbocycles. The molecule has 0 atom stereocenters. The van der Waals surface area contributed by atoms with E-state index in [9.17, 15) is 9.59 Å². The zero-order valence-electron chi connectivity index (χ0n) is 20.4. The van der Waals surface area contributed by atoms with Gasteiger partial charge >= 0.3 is 0 Å². The Kier molecular flexibility index (Phi) is 6.41. The Hall–Kier alpha value is -3.86. The third-order valence-corrected chi connectivity index (χ3v) is 6.88. The first-order chi connectivity index (χ1) is 17.0. The highest BCUT2D eigenvalue weighted by Crippen LogP contribution is 2.34. The third kappa shape index (κ3) is 4.59. The van der Waals surface area contributed by atoms with Crippen molar-refractivity contribution in [3.05, 3.63) is 95.2 Å². The predicted octanol–water partition coefficient (Wildman–Crippen LogP) is 5.94. The first-order valence-corrected chi connectivity index (χ1v) is 12.5. The molecule has 1 fully saturated rings. The quantitative estimate of drug-likeness (QED) is 0.458. The van der Waals surface area contributed by atoms with Crippen LogP contribution in [-0.4, -0.2) is 24.9 Å². The second-order valence-corrected chi connectivity index (χ2v) is 9.30. The Morgan fingerprint density at radius 3 is 2.00 bits per heavy atom. The van der Waals surface area contributed by atoms with Gasteiger partial charge in [0.15, 0.2) is 0 Å². The summed E-state index contributed by atoms with van der Waals surface area (Å²) >= 11 is 0. The van der Waals surface area contributed by atoms with Crippen molar-refractivity contribution in [2.75, 3.05) is 28.2 Å². The first-order valence-electron chi connectivity index (χ1n) is 12.5. The number of aryl methyl sites for hydroxylation is 2. The van der Waals surface area contributed by atoms with Gasteiger partial charge in [-0.05, 0) is 80.1 Å². The molecule has 2 aliphatic heterocycles. The maximum atomic E-state index is 13.6. The van der Waals surface area contributed by atoms with Gasteiger partial charge in [-0.2, -0.15) is 0 Å². The van der Waals surface area contributed by atoms with Gasteiger partial charge in [0, 0.05) is 24.5 Å². The summed E-state index contributed by atoms with van der Waals surface area (Å²) in [6.45, 7) is 6.24. The average molecular weight is 466 g/mol. The number of benzene rings is 3. The fourth-order valence-electron chi connectivity index (χ4n) is 4.80. The molecule has 0 unspecified atom stereocenters. The van der Waals surface area contributed by atoms with Gasteiger partial charge in [-0.15, -0.1) is 0 Å². The number of carbonyl (C=O) groups excluding carboxylic acids is 2.